The Kier molecular flexibility index (Phi) is 9.43. The maximum absolute atomic E-state index is 12.3. The van der Waals surface area contributed by atoms with Gasteiger partial charge in [0.2, 0.25) is 11.8 Å². The van der Waals surface area contributed by atoms with E-state index in [0.717, 1.165) is 0 Å². The van der Waals surface area contributed by atoms with Gasteiger partial charge in [-0.1, -0.05) is 24.3 Å². The van der Waals surface area contributed by atoms with Crippen molar-refractivity contribution in [2.24, 2.45) is 5.73 Å². The third-order valence-corrected chi connectivity index (χ3v) is 7.20. The Morgan fingerprint density at radius 2 is 1.69 bits per heavy atom. The number of benzene rings is 2. The van der Waals surface area contributed by atoms with Crippen molar-refractivity contribution in [2.45, 2.75) is 42.1 Å². The summed E-state index contributed by atoms with van der Waals surface area (Å²) in [6.07, 6.45) is 0. The van der Waals surface area contributed by atoms with Crippen LogP contribution in [-0.2, 0) is 14.4 Å². The van der Waals surface area contributed by atoms with E-state index in [1.807, 2.05) is 0 Å². The van der Waals surface area contributed by atoms with Crippen molar-refractivity contribution in [3.05, 3.63) is 59.7 Å². The molecule has 13 heteroatoms. The number of carbonyl (C=O) groups excluding carboxylic acids is 3. The molecule has 0 spiro atoms. The normalized spacial score (nSPS) is 22.0. The largest absolute Gasteiger partial charge is 1.00 e. The first kappa shape index (κ1) is 29.5. The smallest absolute Gasteiger partial charge is 0.545 e. The predicted molar refractivity (Wildman–Crippen MR) is 123 cm³/mol. The molecule has 2 aromatic rings. The van der Waals surface area contributed by atoms with Crippen LogP contribution in [0, 0.1) is 0 Å². The summed E-state index contributed by atoms with van der Waals surface area (Å²) in [7, 11) is 0. The number of carboxylic acids is 2. The van der Waals surface area contributed by atoms with E-state index >= 15 is 0 Å². The standard InChI is InChI=1S/C16H19N3O5S.C7H6O3.Na/c1-16(2)11(15(23)24)19-13(22)10(14(19)25-16)18-12(21)9(17)7-3-5-8(20)6-4-7;8-6-4-2-1-3-5(6)7(9)10;/h3-6,9-11,14,20H,17H2,1-2H3,(H,18,21)(H,23,24);1-4,8H,(H,9,10);/q;;+1/p-1/t9-,10-,11+,14-;;/m1../s1. The second-order valence-corrected chi connectivity index (χ2v) is 10.2. The van der Waals surface area contributed by atoms with Gasteiger partial charge < -0.3 is 41.2 Å². The van der Waals surface area contributed by atoms with Crippen molar-refractivity contribution in [1.82, 2.24) is 10.2 Å². The molecule has 0 bridgehead atoms. The number of amides is 2. The molecule has 2 aromatic carbocycles. The number of nitrogens with zero attached hydrogens (tertiary/aromatic N) is 1. The molecule has 2 fully saturated rings. The number of phenols is 2. The molecule has 6 N–H and O–H groups in total. The van der Waals surface area contributed by atoms with Gasteiger partial charge in [0.25, 0.3) is 0 Å². The molecule has 0 unspecified atom stereocenters. The fourth-order valence-electron chi connectivity index (χ4n) is 3.87. The Balaban J connectivity index is 0.000000350. The van der Waals surface area contributed by atoms with E-state index in [1.54, 1.807) is 19.9 Å². The first-order valence-corrected chi connectivity index (χ1v) is 11.3. The molecule has 2 amide bonds. The molecule has 2 heterocycles. The molecule has 2 aliphatic heterocycles. The maximum atomic E-state index is 12.3. The maximum Gasteiger partial charge on any atom is 1.00 e. The number of hydrogen-bond acceptors (Lipinski definition) is 9. The molecule has 4 rings (SSSR count). The summed E-state index contributed by atoms with van der Waals surface area (Å²) in [6.45, 7) is 3.53. The molecule has 2 aliphatic rings. The first-order valence-electron chi connectivity index (χ1n) is 10.4. The average Bonchev–Trinajstić information content (AvgIpc) is 3.05. The minimum absolute atomic E-state index is 0. The van der Waals surface area contributed by atoms with Crippen LogP contribution >= 0.6 is 11.8 Å². The van der Waals surface area contributed by atoms with Gasteiger partial charge in [0.1, 0.15) is 35.0 Å². The Hall–Kier alpha value is -2.77. The van der Waals surface area contributed by atoms with E-state index < -0.39 is 52.0 Å². The van der Waals surface area contributed by atoms with E-state index in [0.29, 0.717) is 5.56 Å². The summed E-state index contributed by atoms with van der Waals surface area (Å²) in [5, 5.41) is 39.9. The van der Waals surface area contributed by atoms with Crippen LogP contribution in [0.25, 0.3) is 0 Å². The van der Waals surface area contributed by atoms with E-state index in [2.05, 4.69) is 5.32 Å². The van der Waals surface area contributed by atoms with Crippen molar-refractivity contribution < 1.29 is 69.2 Å². The predicted octanol–water partition coefficient (Wildman–Crippen LogP) is -3.22. The number of aromatic carboxylic acids is 1. The minimum Gasteiger partial charge on any atom is -0.545 e. The van der Waals surface area contributed by atoms with Crippen LogP contribution in [0.2, 0.25) is 0 Å². The van der Waals surface area contributed by atoms with E-state index in [-0.39, 0.29) is 46.6 Å². The summed E-state index contributed by atoms with van der Waals surface area (Å²) >= 11 is 1.35. The van der Waals surface area contributed by atoms with Crippen LogP contribution in [0.3, 0.4) is 0 Å². The summed E-state index contributed by atoms with van der Waals surface area (Å²) in [4.78, 5) is 47.6. The number of β-lactam (4-membered cyclic amide) rings is 1. The number of para-hydroxylation sites is 1. The monoisotopic (exact) mass is 525 g/mol. The molecule has 36 heavy (non-hydrogen) atoms. The number of phenolic OH excluding ortho intramolecular Hbond substituents is 1. The average molecular weight is 526 g/mol. The second-order valence-electron chi connectivity index (χ2n) is 8.46. The zero-order chi connectivity index (χ0) is 26.1. The van der Waals surface area contributed by atoms with Gasteiger partial charge in [-0.2, -0.15) is 0 Å². The number of carboxylic acid groups (broad SMARTS) is 2. The molecular weight excluding hydrogens is 501 g/mol. The van der Waals surface area contributed by atoms with Crippen LogP contribution in [0.5, 0.6) is 11.5 Å². The molecule has 0 saturated carbocycles. The molecule has 0 radical (unpaired) electrons. The van der Waals surface area contributed by atoms with E-state index in [4.69, 9.17) is 10.8 Å². The van der Waals surface area contributed by atoms with Gasteiger partial charge in [-0.05, 0) is 43.7 Å². The van der Waals surface area contributed by atoms with Gasteiger partial charge in [0, 0.05) is 10.3 Å². The van der Waals surface area contributed by atoms with Crippen LogP contribution < -0.4 is 45.7 Å². The summed E-state index contributed by atoms with van der Waals surface area (Å²) in [5.74, 6) is -3.56. The number of rotatable bonds is 5. The zero-order valence-electron chi connectivity index (χ0n) is 19.7. The molecule has 0 aliphatic carbocycles. The van der Waals surface area contributed by atoms with Crippen molar-refractivity contribution in [1.29, 1.82) is 0 Å². The van der Waals surface area contributed by atoms with Gasteiger partial charge >= 0.3 is 35.5 Å². The second kappa shape index (κ2) is 11.5. The van der Waals surface area contributed by atoms with Gasteiger partial charge in [-0.25, -0.2) is 4.79 Å². The number of fused-ring (bicyclic) bond motifs is 1. The molecule has 11 nitrogen and oxygen atoms in total. The SMILES string of the molecule is CC1(C)S[C@@H]2[C@H](NC(=O)[C@H](N)c3ccc(O)cc3)C(=O)N2[C@H]1C(=O)O.O=C([O-])c1ccccc1O.[Na+]. The number of aromatic hydroxyl groups is 2. The Labute approximate surface area is 233 Å². The molecular formula is C23H24N3NaO8S. The molecule has 2 saturated heterocycles. The van der Waals surface area contributed by atoms with Gasteiger partial charge in [-0.15, -0.1) is 11.8 Å². The topological polar surface area (TPSA) is 193 Å². The number of thioether (sulfide) groups is 1. The van der Waals surface area contributed by atoms with Crippen molar-refractivity contribution in [2.75, 3.05) is 0 Å². The first-order chi connectivity index (χ1) is 16.3. The van der Waals surface area contributed by atoms with Crippen LogP contribution in [0.4, 0.5) is 0 Å². The van der Waals surface area contributed by atoms with Crippen LogP contribution in [0.15, 0.2) is 48.5 Å². The number of hydrogen-bond donors (Lipinski definition) is 5. The van der Waals surface area contributed by atoms with E-state index in [1.165, 1.54) is 59.1 Å². The van der Waals surface area contributed by atoms with Crippen molar-refractivity contribution >= 4 is 35.5 Å². The fraction of sp³-hybridized carbons (Fsp3) is 0.304. The quantitative estimate of drug-likeness (QED) is 0.196. The summed E-state index contributed by atoms with van der Waals surface area (Å²) < 4.78 is -0.648. The molecule has 186 valence electrons. The van der Waals surface area contributed by atoms with Gasteiger partial charge in [0.05, 0.1) is 5.97 Å². The van der Waals surface area contributed by atoms with Crippen LogP contribution in [0.1, 0.15) is 35.8 Å². The molecule has 0 aromatic heterocycles. The van der Waals surface area contributed by atoms with E-state index in [9.17, 15) is 34.5 Å². The molecule has 4 atom stereocenters. The van der Waals surface area contributed by atoms with Crippen molar-refractivity contribution in [3.8, 4) is 11.5 Å². The van der Waals surface area contributed by atoms with Gasteiger partial charge in [0.15, 0.2) is 0 Å². The minimum atomic E-state index is -1.36. The summed E-state index contributed by atoms with van der Waals surface area (Å²) in [6, 6.07) is 8.85. The number of aliphatic carboxylic acids is 1. The number of nitrogens with two attached hydrogens (primary N) is 1. The Morgan fingerprint density at radius 1 is 1.11 bits per heavy atom. The third kappa shape index (κ3) is 5.95. The Morgan fingerprint density at radius 3 is 2.19 bits per heavy atom. The van der Waals surface area contributed by atoms with Crippen molar-refractivity contribution in [3.63, 3.8) is 0 Å². The zero-order valence-corrected chi connectivity index (χ0v) is 22.6. The van der Waals surface area contributed by atoms with Gasteiger partial charge in [-0.3, -0.25) is 9.59 Å². The third-order valence-electron chi connectivity index (χ3n) is 5.63. The van der Waals surface area contributed by atoms with Crippen LogP contribution in [-0.4, -0.2) is 66.2 Å². The summed E-state index contributed by atoms with van der Waals surface area (Å²) in [5.41, 5.74) is 6.23. The fourth-order valence-corrected chi connectivity index (χ4v) is 5.49. The number of nitrogens with one attached hydrogen (secondary N) is 1. The Bertz CT molecular complexity index is 1160. The number of carbonyl (C=O) groups is 4.